The van der Waals surface area contributed by atoms with Gasteiger partial charge in [-0.25, -0.2) is 8.42 Å². The first kappa shape index (κ1) is 18.2. The molecule has 0 bridgehead atoms. The summed E-state index contributed by atoms with van der Waals surface area (Å²) in [7, 11) is -3.66. The molecule has 0 unspecified atom stereocenters. The first-order valence-electron chi connectivity index (χ1n) is 8.65. The number of halogens is 2. The molecule has 0 atom stereocenters. The Bertz CT molecular complexity index is 933. The Labute approximate surface area is 162 Å². The molecule has 9 heteroatoms. The van der Waals surface area contributed by atoms with Crippen LogP contribution in [0, 0.1) is 6.92 Å². The van der Waals surface area contributed by atoms with Crippen molar-refractivity contribution in [3.8, 4) is 0 Å². The fraction of sp³-hybridized carbons (Fsp3) is 0.529. The molecule has 1 saturated carbocycles. The number of rotatable bonds is 4. The zero-order chi connectivity index (χ0) is 18.5. The fourth-order valence-corrected chi connectivity index (χ4v) is 5.49. The van der Waals surface area contributed by atoms with E-state index in [2.05, 4.69) is 10.2 Å². The minimum Gasteiger partial charge on any atom is -0.425 e. The molecule has 1 aromatic carbocycles. The molecule has 0 radical (unpaired) electrons. The summed E-state index contributed by atoms with van der Waals surface area (Å²) >= 11 is 12.2. The molecule has 0 N–H and O–H groups in total. The highest BCUT2D eigenvalue weighted by Gasteiger charge is 2.35. The second kappa shape index (κ2) is 6.78. The third-order valence-electron chi connectivity index (χ3n) is 5.02. The second-order valence-electron chi connectivity index (χ2n) is 6.96. The molecule has 0 spiro atoms. The van der Waals surface area contributed by atoms with Crippen LogP contribution in [0.2, 0.25) is 10.0 Å². The number of hydrogen-bond donors (Lipinski definition) is 0. The van der Waals surface area contributed by atoms with Gasteiger partial charge in [-0.2, -0.15) is 4.31 Å². The molecule has 2 aromatic rings. The monoisotopic (exact) mass is 415 g/mol. The van der Waals surface area contributed by atoms with Gasteiger partial charge in [0.2, 0.25) is 21.8 Å². The molecule has 4 rings (SSSR count). The van der Waals surface area contributed by atoms with Gasteiger partial charge in [-0.1, -0.05) is 23.2 Å². The van der Waals surface area contributed by atoms with Crippen molar-refractivity contribution in [2.75, 3.05) is 13.1 Å². The SMILES string of the molecule is Cc1cc(S(=O)(=O)N2CCC(c3nnc(C4CC4)o3)CC2)c(Cl)cc1Cl. The number of nitrogens with zero attached hydrogens (tertiary/aromatic N) is 3. The van der Waals surface area contributed by atoms with Crippen molar-refractivity contribution < 1.29 is 12.8 Å². The van der Waals surface area contributed by atoms with Crippen LogP contribution < -0.4 is 0 Å². The Morgan fingerprint density at radius 1 is 1.00 bits per heavy atom. The lowest BCUT2D eigenvalue weighted by molar-refractivity contribution is 0.286. The first-order chi connectivity index (χ1) is 12.4. The largest absolute Gasteiger partial charge is 0.425 e. The first-order valence-corrected chi connectivity index (χ1v) is 10.8. The second-order valence-corrected chi connectivity index (χ2v) is 9.68. The van der Waals surface area contributed by atoms with Gasteiger partial charge in [0.1, 0.15) is 4.90 Å². The normalized spacial score (nSPS) is 19.8. The summed E-state index contributed by atoms with van der Waals surface area (Å²) in [6, 6.07) is 3.02. The molecule has 140 valence electrons. The standard InChI is InChI=1S/C17H19Cl2N3O3S/c1-10-8-15(14(19)9-13(10)18)26(23,24)22-6-4-12(5-7-22)17-21-20-16(25-17)11-2-3-11/h8-9,11-12H,2-7H2,1H3. The summed E-state index contributed by atoms with van der Waals surface area (Å²) in [6.45, 7) is 2.55. The van der Waals surface area contributed by atoms with Crippen molar-refractivity contribution in [1.82, 2.24) is 14.5 Å². The summed E-state index contributed by atoms with van der Waals surface area (Å²) in [6.07, 6.45) is 3.52. The molecule has 0 amide bonds. The highest BCUT2D eigenvalue weighted by atomic mass is 35.5. The summed E-state index contributed by atoms with van der Waals surface area (Å²) in [4.78, 5) is 0.105. The summed E-state index contributed by atoms with van der Waals surface area (Å²) in [5.74, 6) is 1.87. The molecular formula is C17H19Cl2N3O3S. The number of hydrogen-bond acceptors (Lipinski definition) is 5. The third kappa shape index (κ3) is 3.38. The Hall–Kier alpha value is -1.15. The van der Waals surface area contributed by atoms with Crippen molar-refractivity contribution >= 4 is 33.2 Å². The predicted molar refractivity (Wildman–Crippen MR) is 98.2 cm³/mol. The van der Waals surface area contributed by atoms with Crippen LogP contribution >= 0.6 is 23.2 Å². The minimum absolute atomic E-state index is 0.101. The van der Waals surface area contributed by atoms with Gasteiger partial charge in [0.05, 0.1) is 5.02 Å². The Morgan fingerprint density at radius 3 is 2.15 bits per heavy atom. The predicted octanol–water partition coefficient (Wildman–Crippen LogP) is 4.13. The number of piperidine rings is 1. The van der Waals surface area contributed by atoms with E-state index in [0.29, 0.717) is 48.3 Å². The third-order valence-corrected chi connectivity index (χ3v) is 7.79. The summed E-state index contributed by atoms with van der Waals surface area (Å²) in [5.41, 5.74) is 0.683. The number of aromatic nitrogens is 2. The van der Waals surface area contributed by atoms with Crippen LogP contribution in [0.15, 0.2) is 21.4 Å². The van der Waals surface area contributed by atoms with Gasteiger partial charge < -0.3 is 4.42 Å². The van der Waals surface area contributed by atoms with E-state index < -0.39 is 10.0 Å². The molecule has 1 aromatic heterocycles. The van der Waals surface area contributed by atoms with Crippen LogP contribution in [0.1, 0.15) is 54.9 Å². The van der Waals surface area contributed by atoms with Crippen LogP contribution in [0.4, 0.5) is 0 Å². The molecular weight excluding hydrogens is 397 g/mol. The van der Waals surface area contributed by atoms with Gasteiger partial charge in [0, 0.05) is 29.9 Å². The van der Waals surface area contributed by atoms with Gasteiger partial charge in [-0.15, -0.1) is 10.2 Å². The van der Waals surface area contributed by atoms with E-state index in [1.807, 2.05) is 0 Å². The molecule has 26 heavy (non-hydrogen) atoms. The Morgan fingerprint density at radius 2 is 1.58 bits per heavy atom. The molecule has 2 heterocycles. The zero-order valence-corrected chi connectivity index (χ0v) is 16.6. The average Bonchev–Trinajstić information content (AvgIpc) is 3.35. The van der Waals surface area contributed by atoms with Crippen LogP contribution in [-0.2, 0) is 10.0 Å². The van der Waals surface area contributed by atoms with Gasteiger partial charge in [0.25, 0.3) is 0 Å². The van der Waals surface area contributed by atoms with Crippen molar-refractivity contribution in [1.29, 1.82) is 0 Å². The lowest BCUT2D eigenvalue weighted by Crippen LogP contribution is -2.38. The zero-order valence-electron chi connectivity index (χ0n) is 14.3. The molecule has 6 nitrogen and oxygen atoms in total. The van der Waals surface area contributed by atoms with Gasteiger partial charge >= 0.3 is 0 Å². The smallest absolute Gasteiger partial charge is 0.244 e. The van der Waals surface area contributed by atoms with Gasteiger partial charge in [-0.3, -0.25) is 0 Å². The van der Waals surface area contributed by atoms with Crippen LogP contribution in [0.3, 0.4) is 0 Å². The van der Waals surface area contributed by atoms with Gasteiger partial charge in [0.15, 0.2) is 0 Å². The maximum absolute atomic E-state index is 13.0. The maximum Gasteiger partial charge on any atom is 0.244 e. The minimum atomic E-state index is -3.66. The molecule has 2 aliphatic rings. The number of aryl methyl sites for hydroxylation is 1. The lowest BCUT2D eigenvalue weighted by atomic mass is 9.98. The number of sulfonamides is 1. The molecule has 1 aliphatic carbocycles. The lowest BCUT2D eigenvalue weighted by Gasteiger charge is -2.30. The highest BCUT2D eigenvalue weighted by Crippen LogP contribution is 2.40. The van der Waals surface area contributed by atoms with Crippen molar-refractivity contribution in [2.45, 2.75) is 49.3 Å². The van der Waals surface area contributed by atoms with E-state index in [1.165, 1.54) is 16.4 Å². The topological polar surface area (TPSA) is 76.3 Å². The average molecular weight is 416 g/mol. The quantitative estimate of drug-likeness (QED) is 0.749. The van der Waals surface area contributed by atoms with Crippen molar-refractivity contribution in [3.63, 3.8) is 0 Å². The van der Waals surface area contributed by atoms with Crippen LogP contribution in [-0.4, -0.2) is 36.0 Å². The van der Waals surface area contributed by atoms with Crippen molar-refractivity contribution in [2.24, 2.45) is 0 Å². The summed E-state index contributed by atoms with van der Waals surface area (Å²) in [5, 5.41) is 8.88. The maximum atomic E-state index is 13.0. The highest BCUT2D eigenvalue weighted by molar-refractivity contribution is 7.89. The van der Waals surface area contributed by atoms with E-state index in [0.717, 1.165) is 18.7 Å². The van der Waals surface area contributed by atoms with Crippen LogP contribution in [0.25, 0.3) is 0 Å². The van der Waals surface area contributed by atoms with Crippen LogP contribution in [0.5, 0.6) is 0 Å². The van der Waals surface area contributed by atoms with Gasteiger partial charge in [-0.05, 0) is 50.3 Å². The fourth-order valence-electron chi connectivity index (χ4n) is 3.22. The van der Waals surface area contributed by atoms with E-state index in [4.69, 9.17) is 27.6 Å². The van der Waals surface area contributed by atoms with E-state index >= 15 is 0 Å². The molecule has 1 saturated heterocycles. The van der Waals surface area contributed by atoms with Crippen molar-refractivity contribution in [3.05, 3.63) is 39.5 Å². The van der Waals surface area contributed by atoms with E-state index in [9.17, 15) is 8.42 Å². The number of benzene rings is 1. The molecule has 2 fully saturated rings. The van der Waals surface area contributed by atoms with E-state index in [-0.39, 0.29) is 15.8 Å². The Kier molecular flexibility index (Phi) is 4.75. The molecule has 1 aliphatic heterocycles. The Balaban J connectivity index is 1.49. The van der Waals surface area contributed by atoms with E-state index in [1.54, 1.807) is 6.92 Å². The summed E-state index contributed by atoms with van der Waals surface area (Å²) < 4.78 is 33.2.